The standard InChI is InChI=1S/C13H14FNO3/c1-8-11(13(17)18-2)7-12(16)15(8)10-5-3-4-9(14)6-10/h3-6,8,11H,7H2,1-2H3. The first-order valence-electron chi connectivity index (χ1n) is 5.70. The summed E-state index contributed by atoms with van der Waals surface area (Å²) in [4.78, 5) is 24.9. The van der Waals surface area contributed by atoms with Crippen molar-refractivity contribution in [2.24, 2.45) is 5.92 Å². The van der Waals surface area contributed by atoms with E-state index in [0.717, 1.165) is 0 Å². The summed E-state index contributed by atoms with van der Waals surface area (Å²) in [5.74, 6) is -1.50. The summed E-state index contributed by atoms with van der Waals surface area (Å²) in [6.45, 7) is 1.76. The summed E-state index contributed by atoms with van der Waals surface area (Å²) >= 11 is 0. The lowest BCUT2D eigenvalue weighted by Gasteiger charge is -2.23. The Labute approximate surface area is 104 Å². The molecule has 1 aliphatic heterocycles. The second-order valence-electron chi connectivity index (χ2n) is 4.32. The number of nitrogens with zero attached hydrogens (tertiary/aromatic N) is 1. The molecular formula is C13H14FNO3. The third kappa shape index (κ3) is 2.08. The van der Waals surface area contributed by atoms with E-state index in [4.69, 9.17) is 0 Å². The zero-order valence-electron chi connectivity index (χ0n) is 10.2. The third-order valence-electron chi connectivity index (χ3n) is 3.24. The fourth-order valence-corrected chi connectivity index (χ4v) is 2.30. The minimum Gasteiger partial charge on any atom is -0.469 e. The Morgan fingerprint density at radius 1 is 1.50 bits per heavy atom. The summed E-state index contributed by atoms with van der Waals surface area (Å²) in [5, 5.41) is 0. The molecule has 1 aromatic rings. The van der Waals surface area contributed by atoms with Crippen LogP contribution in [0.4, 0.5) is 10.1 Å². The lowest BCUT2D eigenvalue weighted by Crippen LogP contribution is -2.35. The van der Waals surface area contributed by atoms with Crippen LogP contribution in [0.5, 0.6) is 0 Å². The normalized spacial score (nSPS) is 23.3. The molecule has 0 bridgehead atoms. The lowest BCUT2D eigenvalue weighted by atomic mass is 10.0. The van der Waals surface area contributed by atoms with E-state index in [0.29, 0.717) is 5.69 Å². The van der Waals surface area contributed by atoms with E-state index in [1.165, 1.54) is 30.2 Å². The fourth-order valence-electron chi connectivity index (χ4n) is 2.30. The van der Waals surface area contributed by atoms with E-state index in [1.54, 1.807) is 13.0 Å². The molecule has 0 spiro atoms. The number of rotatable bonds is 2. The Hall–Kier alpha value is -1.91. The van der Waals surface area contributed by atoms with Crippen molar-refractivity contribution in [1.29, 1.82) is 0 Å². The van der Waals surface area contributed by atoms with E-state index in [9.17, 15) is 14.0 Å². The van der Waals surface area contributed by atoms with Crippen molar-refractivity contribution in [3.8, 4) is 0 Å². The van der Waals surface area contributed by atoms with Crippen LogP contribution in [-0.2, 0) is 14.3 Å². The molecule has 0 aromatic heterocycles. The molecule has 2 unspecified atom stereocenters. The molecule has 1 fully saturated rings. The number of methoxy groups -OCH3 is 1. The first kappa shape index (κ1) is 12.5. The van der Waals surface area contributed by atoms with Gasteiger partial charge in [-0.15, -0.1) is 0 Å². The number of carbonyl (C=O) groups is 2. The second-order valence-corrected chi connectivity index (χ2v) is 4.32. The summed E-state index contributed by atoms with van der Waals surface area (Å²) in [6.07, 6.45) is 0.102. The fraction of sp³-hybridized carbons (Fsp3) is 0.385. The van der Waals surface area contributed by atoms with Gasteiger partial charge in [0.15, 0.2) is 0 Å². The number of ether oxygens (including phenoxy) is 1. The molecule has 1 heterocycles. The molecule has 18 heavy (non-hydrogen) atoms. The Balaban J connectivity index is 2.29. The molecule has 2 atom stereocenters. The van der Waals surface area contributed by atoms with Gasteiger partial charge in [0.2, 0.25) is 5.91 Å². The maximum atomic E-state index is 13.2. The van der Waals surface area contributed by atoms with E-state index in [-0.39, 0.29) is 18.4 Å². The first-order valence-corrected chi connectivity index (χ1v) is 5.70. The molecule has 0 aliphatic carbocycles. The van der Waals surface area contributed by atoms with Crippen molar-refractivity contribution < 1.29 is 18.7 Å². The number of benzene rings is 1. The van der Waals surface area contributed by atoms with Gasteiger partial charge in [-0.3, -0.25) is 9.59 Å². The topological polar surface area (TPSA) is 46.6 Å². The highest BCUT2D eigenvalue weighted by molar-refractivity contribution is 6.00. The molecule has 1 aromatic carbocycles. The summed E-state index contributed by atoms with van der Waals surface area (Å²) < 4.78 is 17.8. The van der Waals surface area contributed by atoms with Gasteiger partial charge < -0.3 is 9.64 Å². The van der Waals surface area contributed by atoms with Crippen LogP contribution >= 0.6 is 0 Å². The van der Waals surface area contributed by atoms with E-state index in [1.807, 2.05) is 0 Å². The molecule has 0 saturated carbocycles. The van der Waals surface area contributed by atoms with Crippen molar-refractivity contribution in [1.82, 2.24) is 0 Å². The van der Waals surface area contributed by atoms with Gasteiger partial charge in [0.05, 0.1) is 13.0 Å². The Kier molecular flexibility index (Phi) is 3.32. The molecule has 0 radical (unpaired) electrons. The zero-order chi connectivity index (χ0) is 13.3. The molecule has 5 heteroatoms. The summed E-state index contributed by atoms with van der Waals surface area (Å²) in [6, 6.07) is 5.46. The molecule has 1 aliphatic rings. The smallest absolute Gasteiger partial charge is 0.311 e. The highest BCUT2D eigenvalue weighted by Gasteiger charge is 2.42. The van der Waals surface area contributed by atoms with E-state index < -0.39 is 17.7 Å². The predicted molar refractivity (Wildman–Crippen MR) is 63.5 cm³/mol. The summed E-state index contributed by atoms with van der Waals surface area (Å²) in [7, 11) is 1.30. The van der Waals surface area contributed by atoms with Gasteiger partial charge in [-0.25, -0.2) is 4.39 Å². The number of hydrogen-bond donors (Lipinski definition) is 0. The summed E-state index contributed by atoms with van der Waals surface area (Å²) in [5.41, 5.74) is 0.471. The lowest BCUT2D eigenvalue weighted by molar-refractivity contribution is -0.146. The van der Waals surface area contributed by atoms with Gasteiger partial charge in [-0.2, -0.15) is 0 Å². The van der Waals surface area contributed by atoms with Crippen LogP contribution in [-0.4, -0.2) is 25.0 Å². The molecule has 1 amide bonds. The van der Waals surface area contributed by atoms with Crippen LogP contribution in [0.1, 0.15) is 13.3 Å². The van der Waals surface area contributed by atoms with Crippen LogP contribution in [0, 0.1) is 11.7 Å². The van der Waals surface area contributed by atoms with E-state index in [2.05, 4.69) is 4.74 Å². The van der Waals surface area contributed by atoms with Crippen molar-refractivity contribution >= 4 is 17.6 Å². The number of carbonyl (C=O) groups excluding carboxylic acids is 2. The van der Waals surface area contributed by atoms with Crippen LogP contribution in [0.2, 0.25) is 0 Å². The highest BCUT2D eigenvalue weighted by atomic mass is 19.1. The maximum absolute atomic E-state index is 13.2. The Morgan fingerprint density at radius 3 is 2.83 bits per heavy atom. The molecule has 96 valence electrons. The Bertz CT molecular complexity index is 489. The minimum atomic E-state index is -0.495. The molecule has 4 nitrogen and oxygen atoms in total. The number of anilines is 1. The number of esters is 1. The highest BCUT2D eigenvalue weighted by Crippen LogP contribution is 2.31. The molecule has 0 N–H and O–H groups in total. The van der Waals surface area contributed by atoms with Crippen LogP contribution in [0.15, 0.2) is 24.3 Å². The molecule has 1 saturated heterocycles. The van der Waals surface area contributed by atoms with Gasteiger partial charge >= 0.3 is 5.97 Å². The van der Waals surface area contributed by atoms with Crippen LogP contribution < -0.4 is 4.90 Å². The SMILES string of the molecule is COC(=O)C1CC(=O)N(c2cccc(F)c2)C1C. The van der Waals surface area contributed by atoms with E-state index >= 15 is 0 Å². The van der Waals surface area contributed by atoms with Crippen molar-refractivity contribution in [3.05, 3.63) is 30.1 Å². The second kappa shape index (κ2) is 4.76. The average molecular weight is 251 g/mol. The number of halogens is 1. The number of hydrogen-bond acceptors (Lipinski definition) is 3. The zero-order valence-corrected chi connectivity index (χ0v) is 10.2. The number of amides is 1. The van der Waals surface area contributed by atoms with Crippen molar-refractivity contribution in [2.45, 2.75) is 19.4 Å². The van der Waals surface area contributed by atoms with Crippen molar-refractivity contribution in [3.63, 3.8) is 0 Å². The third-order valence-corrected chi connectivity index (χ3v) is 3.24. The first-order chi connectivity index (χ1) is 8.54. The van der Waals surface area contributed by atoms with Gasteiger partial charge in [0.25, 0.3) is 0 Å². The predicted octanol–water partition coefficient (Wildman–Crippen LogP) is 1.74. The van der Waals surface area contributed by atoms with Gasteiger partial charge in [0.1, 0.15) is 5.82 Å². The average Bonchev–Trinajstić information content (AvgIpc) is 2.64. The van der Waals surface area contributed by atoms with Gasteiger partial charge in [0, 0.05) is 18.2 Å². The van der Waals surface area contributed by atoms with Crippen LogP contribution in [0.25, 0.3) is 0 Å². The van der Waals surface area contributed by atoms with Crippen LogP contribution in [0.3, 0.4) is 0 Å². The quantitative estimate of drug-likeness (QED) is 0.752. The largest absolute Gasteiger partial charge is 0.469 e. The van der Waals surface area contributed by atoms with Gasteiger partial charge in [-0.1, -0.05) is 6.07 Å². The van der Waals surface area contributed by atoms with Crippen molar-refractivity contribution in [2.75, 3.05) is 12.0 Å². The molecular weight excluding hydrogens is 237 g/mol. The Morgan fingerprint density at radius 2 is 2.22 bits per heavy atom. The maximum Gasteiger partial charge on any atom is 0.311 e. The molecule has 2 rings (SSSR count). The monoisotopic (exact) mass is 251 g/mol. The minimum absolute atomic E-state index is 0.102. The van der Waals surface area contributed by atoms with Gasteiger partial charge in [-0.05, 0) is 25.1 Å².